The van der Waals surface area contributed by atoms with E-state index >= 15 is 0 Å². The molecule has 1 fully saturated rings. The number of nitrogens with one attached hydrogen (secondary N) is 1. The summed E-state index contributed by atoms with van der Waals surface area (Å²) in [7, 11) is 0. The molecule has 1 N–H and O–H groups in total. The zero-order valence-corrected chi connectivity index (χ0v) is 14.5. The average Bonchev–Trinajstić information content (AvgIpc) is 2.68. The number of rotatable bonds is 3. The Morgan fingerprint density at radius 2 is 1.52 bits per heavy atom. The van der Waals surface area contributed by atoms with Crippen molar-refractivity contribution in [2.45, 2.75) is 19.0 Å². The molecule has 1 saturated heterocycles. The second-order valence-electron chi connectivity index (χ2n) is 6.50. The second kappa shape index (κ2) is 7.82. The predicted octanol–water partition coefficient (Wildman–Crippen LogP) is 4.83. The van der Waals surface area contributed by atoms with Crippen LogP contribution < -0.4 is 5.32 Å². The third-order valence-electron chi connectivity index (χ3n) is 4.67. The van der Waals surface area contributed by atoms with Gasteiger partial charge in [-0.05, 0) is 37.1 Å². The Kier molecular flexibility index (Phi) is 5.48. The van der Waals surface area contributed by atoms with Crippen LogP contribution in [-0.2, 0) is 6.18 Å². The summed E-state index contributed by atoms with van der Waals surface area (Å²) >= 11 is 0. The number of benzene rings is 2. The summed E-state index contributed by atoms with van der Waals surface area (Å²) in [4.78, 5) is 26.3. The molecule has 2 aromatic rings. The molecule has 2 aromatic carbocycles. The highest BCUT2D eigenvalue weighted by Gasteiger charge is 2.30. The quantitative estimate of drug-likeness (QED) is 0.780. The summed E-state index contributed by atoms with van der Waals surface area (Å²) in [5, 5.41) is 2.60. The highest BCUT2D eigenvalue weighted by Crippen LogP contribution is 2.30. The maximum Gasteiger partial charge on any atom is 0.416 e. The Hall–Kier alpha value is -2.83. The van der Waals surface area contributed by atoms with E-state index in [9.17, 15) is 22.8 Å². The van der Waals surface area contributed by atoms with Crippen LogP contribution in [0.5, 0.6) is 0 Å². The van der Waals surface area contributed by atoms with Gasteiger partial charge in [0.25, 0.3) is 0 Å². The number of urea groups is 1. The van der Waals surface area contributed by atoms with Gasteiger partial charge >= 0.3 is 12.2 Å². The van der Waals surface area contributed by atoms with E-state index in [1.54, 1.807) is 17.0 Å². The fourth-order valence-electron chi connectivity index (χ4n) is 3.13. The molecule has 3 rings (SSSR count). The molecule has 0 saturated carbocycles. The van der Waals surface area contributed by atoms with Crippen LogP contribution in [0.15, 0.2) is 54.6 Å². The van der Waals surface area contributed by atoms with Gasteiger partial charge in [-0.25, -0.2) is 4.79 Å². The highest BCUT2D eigenvalue weighted by atomic mass is 19.4. The lowest BCUT2D eigenvalue weighted by atomic mass is 9.89. The molecule has 0 spiro atoms. The number of anilines is 1. The largest absolute Gasteiger partial charge is 0.416 e. The normalized spacial score (nSPS) is 15.4. The molecule has 1 aliphatic rings. The molecule has 0 radical (unpaired) electrons. The first-order chi connectivity index (χ1) is 12.8. The van der Waals surface area contributed by atoms with Crippen molar-refractivity contribution in [3.63, 3.8) is 0 Å². The molecule has 27 heavy (non-hydrogen) atoms. The van der Waals surface area contributed by atoms with Gasteiger partial charge in [-0.2, -0.15) is 13.2 Å². The summed E-state index contributed by atoms with van der Waals surface area (Å²) in [5.41, 5.74) is 0.210. The van der Waals surface area contributed by atoms with E-state index in [2.05, 4.69) is 5.32 Å². The van der Waals surface area contributed by atoms with Crippen molar-refractivity contribution in [2.75, 3.05) is 18.4 Å². The SMILES string of the molecule is O=C(c1ccccc1)C1CCN(C(=O)Nc2ccc(C(F)(F)F)cc2)CC1. The first-order valence-corrected chi connectivity index (χ1v) is 8.67. The van der Waals surface area contributed by atoms with Crippen LogP contribution in [0.1, 0.15) is 28.8 Å². The summed E-state index contributed by atoms with van der Waals surface area (Å²) in [6.45, 7) is 0.853. The molecule has 0 unspecified atom stereocenters. The number of carbonyl (C=O) groups excluding carboxylic acids is 2. The van der Waals surface area contributed by atoms with Crippen LogP contribution in [0.3, 0.4) is 0 Å². The van der Waals surface area contributed by atoms with Crippen molar-refractivity contribution in [2.24, 2.45) is 5.92 Å². The van der Waals surface area contributed by atoms with Gasteiger partial charge in [0.1, 0.15) is 0 Å². The van der Waals surface area contributed by atoms with E-state index in [-0.39, 0.29) is 17.7 Å². The van der Waals surface area contributed by atoms with E-state index < -0.39 is 11.7 Å². The number of hydrogen-bond donors (Lipinski definition) is 1. The molecule has 0 bridgehead atoms. The maximum absolute atomic E-state index is 12.6. The van der Waals surface area contributed by atoms with Gasteiger partial charge in [0.05, 0.1) is 5.56 Å². The van der Waals surface area contributed by atoms with Crippen molar-refractivity contribution in [1.82, 2.24) is 4.90 Å². The van der Waals surface area contributed by atoms with Gasteiger partial charge in [-0.1, -0.05) is 30.3 Å². The molecule has 0 atom stereocenters. The Bertz CT molecular complexity index is 796. The monoisotopic (exact) mass is 376 g/mol. The maximum atomic E-state index is 12.6. The Labute approximate surface area is 155 Å². The van der Waals surface area contributed by atoms with Gasteiger partial charge < -0.3 is 10.2 Å². The van der Waals surface area contributed by atoms with E-state index in [1.165, 1.54) is 12.1 Å². The van der Waals surface area contributed by atoms with E-state index in [0.29, 0.717) is 37.2 Å². The van der Waals surface area contributed by atoms with Crippen molar-refractivity contribution in [3.05, 3.63) is 65.7 Å². The first kappa shape index (κ1) is 18.9. The van der Waals surface area contributed by atoms with Gasteiger partial charge in [0, 0.05) is 30.3 Å². The lowest BCUT2D eigenvalue weighted by Crippen LogP contribution is -2.42. The average molecular weight is 376 g/mol. The smallest absolute Gasteiger partial charge is 0.324 e. The Morgan fingerprint density at radius 1 is 0.926 bits per heavy atom. The number of likely N-dealkylation sites (tertiary alicyclic amines) is 1. The fourth-order valence-corrected chi connectivity index (χ4v) is 3.13. The summed E-state index contributed by atoms with van der Waals surface area (Å²) < 4.78 is 37.7. The number of halogens is 3. The lowest BCUT2D eigenvalue weighted by molar-refractivity contribution is -0.137. The molecule has 142 valence electrons. The Morgan fingerprint density at radius 3 is 2.07 bits per heavy atom. The zero-order valence-electron chi connectivity index (χ0n) is 14.5. The molecule has 0 aliphatic carbocycles. The van der Waals surface area contributed by atoms with E-state index in [0.717, 1.165) is 12.1 Å². The second-order valence-corrected chi connectivity index (χ2v) is 6.50. The summed E-state index contributed by atoms with van der Waals surface area (Å²) in [6, 6.07) is 13.0. The predicted molar refractivity (Wildman–Crippen MR) is 95.5 cm³/mol. The van der Waals surface area contributed by atoms with Crippen molar-refractivity contribution in [1.29, 1.82) is 0 Å². The molecule has 2 amide bonds. The highest BCUT2D eigenvalue weighted by molar-refractivity contribution is 5.98. The minimum Gasteiger partial charge on any atom is -0.324 e. The van der Waals surface area contributed by atoms with Crippen molar-refractivity contribution >= 4 is 17.5 Å². The Balaban J connectivity index is 1.53. The third kappa shape index (κ3) is 4.67. The fraction of sp³-hybridized carbons (Fsp3) is 0.300. The molecule has 1 heterocycles. The third-order valence-corrected chi connectivity index (χ3v) is 4.67. The number of Topliss-reactive ketones (excluding diaryl/α,β-unsaturated/α-hetero) is 1. The molecule has 0 aromatic heterocycles. The topological polar surface area (TPSA) is 49.4 Å². The van der Waals surface area contributed by atoms with Crippen molar-refractivity contribution < 1.29 is 22.8 Å². The van der Waals surface area contributed by atoms with E-state index in [1.807, 2.05) is 18.2 Å². The zero-order chi connectivity index (χ0) is 19.4. The molecular weight excluding hydrogens is 357 g/mol. The number of amides is 2. The summed E-state index contributed by atoms with van der Waals surface area (Å²) in [6.07, 6.45) is -3.28. The number of carbonyl (C=O) groups is 2. The van der Waals surface area contributed by atoms with Crippen LogP contribution in [-0.4, -0.2) is 29.8 Å². The number of hydrogen-bond acceptors (Lipinski definition) is 2. The standard InChI is InChI=1S/C20H19F3N2O2/c21-20(22,23)16-6-8-17(9-7-16)24-19(27)25-12-10-15(11-13-25)18(26)14-4-2-1-3-5-14/h1-9,15H,10-13H2,(H,24,27). The number of piperidine rings is 1. The van der Waals surface area contributed by atoms with Gasteiger partial charge in [-0.15, -0.1) is 0 Å². The van der Waals surface area contributed by atoms with Crippen LogP contribution >= 0.6 is 0 Å². The van der Waals surface area contributed by atoms with Crippen molar-refractivity contribution in [3.8, 4) is 0 Å². The molecule has 7 heteroatoms. The summed E-state index contributed by atoms with van der Waals surface area (Å²) in [5.74, 6) is -0.0408. The first-order valence-electron chi connectivity index (χ1n) is 8.67. The molecule has 4 nitrogen and oxygen atoms in total. The van der Waals surface area contributed by atoms with Crippen LogP contribution in [0.25, 0.3) is 0 Å². The lowest BCUT2D eigenvalue weighted by Gasteiger charge is -2.31. The van der Waals surface area contributed by atoms with Crippen LogP contribution in [0.2, 0.25) is 0 Å². The van der Waals surface area contributed by atoms with E-state index in [4.69, 9.17) is 0 Å². The van der Waals surface area contributed by atoms with Crippen LogP contribution in [0, 0.1) is 5.92 Å². The minimum absolute atomic E-state index is 0.0818. The van der Waals surface area contributed by atoms with Crippen LogP contribution in [0.4, 0.5) is 23.7 Å². The number of alkyl halides is 3. The molecular formula is C20H19F3N2O2. The van der Waals surface area contributed by atoms with Gasteiger partial charge in [-0.3, -0.25) is 4.79 Å². The number of ketones is 1. The van der Waals surface area contributed by atoms with Gasteiger partial charge in [0.2, 0.25) is 0 Å². The number of nitrogens with zero attached hydrogens (tertiary/aromatic N) is 1. The molecule has 1 aliphatic heterocycles. The minimum atomic E-state index is -4.41. The van der Waals surface area contributed by atoms with Gasteiger partial charge in [0.15, 0.2) is 5.78 Å².